The Kier molecular flexibility index (Phi) is 3.28. The first-order chi connectivity index (χ1) is 7.02. The third-order valence-corrected chi connectivity index (χ3v) is 2.41. The van der Waals surface area contributed by atoms with E-state index in [9.17, 15) is 4.79 Å². The highest BCUT2D eigenvalue weighted by Gasteiger charge is 2.20. The molecule has 5 heteroatoms. The van der Waals surface area contributed by atoms with Gasteiger partial charge in [0.05, 0.1) is 5.56 Å². The van der Waals surface area contributed by atoms with Gasteiger partial charge in [0, 0.05) is 5.69 Å². The van der Waals surface area contributed by atoms with Gasteiger partial charge in [-0.25, -0.2) is 9.78 Å². The van der Waals surface area contributed by atoms with Crippen LogP contribution >= 0.6 is 11.6 Å². The predicted molar refractivity (Wildman–Crippen MR) is 55.0 cm³/mol. The van der Waals surface area contributed by atoms with Crippen LogP contribution in [0.1, 0.15) is 34.1 Å². The van der Waals surface area contributed by atoms with Crippen molar-refractivity contribution in [2.45, 2.75) is 20.3 Å². The van der Waals surface area contributed by atoms with Gasteiger partial charge < -0.3 is 5.11 Å². The number of hydrogen-bond acceptors (Lipinski definition) is 3. The lowest BCUT2D eigenvalue weighted by Crippen LogP contribution is -2.09. The summed E-state index contributed by atoms with van der Waals surface area (Å²) >= 11 is 5.71. The zero-order chi connectivity index (χ0) is 11.6. The normalized spacial score (nSPS) is 9.73. The van der Waals surface area contributed by atoms with Crippen molar-refractivity contribution in [1.82, 2.24) is 4.98 Å². The first kappa shape index (κ1) is 11.5. The van der Waals surface area contributed by atoms with Gasteiger partial charge in [0.25, 0.3) is 0 Å². The van der Waals surface area contributed by atoms with Crippen LogP contribution in [-0.2, 0) is 6.42 Å². The third kappa shape index (κ3) is 1.92. The van der Waals surface area contributed by atoms with Crippen LogP contribution in [-0.4, -0.2) is 16.1 Å². The molecule has 0 radical (unpaired) electrons. The number of aryl methyl sites for hydroxylation is 1. The van der Waals surface area contributed by atoms with Gasteiger partial charge >= 0.3 is 5.97 Å². The summed E-state index contributed by atoms with van der Waals surface area (Å²) in [6, 6.07) is 1.77. The maximum absolute atomic E-state index is 11.0. The lowest BCUT2D eigenvalue weighted by Gasteiger charge is -2.09. The van der Waals surface area contributed by atoms with E-state index in [4.69, 9.17) is 22.0 Å². The zero-order valence-corrected chi connectivity index (χ0v) is 9.09. The van der Waals surface area contributed by atoms with E-state index in [1.165, 1.54) is 0 Å². The standard InChI is InChI=1S/C10H9ClN2O2/c1-3-6-5(2)13-9(11)7(4-12)8(6)10(14)15/h3H2,1-2H3,(H,14,15). The second kappa shape index (κ2) is 4.28. The van der Waals surface area contributed by atoms with Crippen LogP contribution in [0.5, 0.6) is 0 Å². The molecule has 0 bridgehead atoms. The summed E-state index contributed by atoms with van der Waals surface area (Å²) in [6.07, 6.45) is 0.506. The van der Waals surface area contributed by atoms with E-state index in [-0.39, 0.29) is 16.3 Å². The number of carboxylic acid groups (broad SMARTS) is 1. The molecule has 1 N–H and O–H groups in total. The Morgan fingerprint density at radius 1 is 1.67 bits per heavy atom. The quantitative estimate of drug-likeness (QED) is 0.782. The molecule has 1 heterocycles. The minimum Gasteiger partial charge on any atom is -0.478 e. The number of rotatable bonds is 2. The van der Waals surface area contributed by atoms with Gasteiger partial charge in [-0.05, 0) is 18.9 Å². The molecule has 0 atom stereocenters. The van der Waals surface area contributed by atoms with E-state index in [1.54, 1.807) is 13.0 Å². The monoisotopic (exact) mass is 224 g/mol. The number of carboxylic acids is 1. The number of halogens is 1. The number of pyridine rings is 1. The van der Waals surface area contributed by atoms with Gasteiger partial charge in [0.2, 0.25) is 0 Å². The molecule has 0 aliphatic rings. The lowest BCUT2D eigenvalue weighted by molar-refractivity contribution is 0.0695. The van der Waals surface area contributed by atoms with Gasteiger partial charge in [-0.15, -0.1) is 0 Å². The number of nitrogens with zero attached hydrogens (tertiary/aromatic N) is 2. The molecule has 15 heavy (non-hydrogen) atoms. The van der Waals surface area contributed by atoms with Crippen molar-refractivity contribution in [3.63, 3.8) is 0 Å². The average Bonchev–Trinajstić information content (AvgIpc) is 2.16. The molecule has 78 valence electrons. The van der Waals surface area contributed by atoms with Crippen molar-refractivity contribution < 1.29 is 9.90 Å². The summed E-state index contributed by atoms with van der Waals surface area (Å²) in [6.45, 7) is 3.49. The molecule has 0 saturated heterocycles. The van der Waals surface area contributed by atoms with Crippen LogP contribution < -0.4 is 0 Å². The van der Waals surface area contributed by atoms with Gasteiger partial charge in [-0.3, -0.25) is 0 Å². The average molecular weight is 225 g/mol. The first-order valence-corrected chi connectivity index (χ1v) is 4.73. The predicted octanol–water partition coefficient (Wildman–Crippen LogP) is 2.18. The highest BCUT2D eigenvalue weighted by atomic mass is 35.5. The number of hydrogen-bond donors (Lipinski definition) is 1. The molecule has 4 nitrogen and oxygen atoms in total. The summed E-state index contributed by atoms with van der Waals surface area (Å²) in [4.78, 5) is 15.0. The van der Waals surface area contributed by atoms with Crippen molar-refractivity contribution in [3.05, 3.63) is 27.5 Å². The summed E-state index contributed by atoms with van der Waals surface area (Å²) in [5.74, 6) is -1.14. The van der Waals surface area contributed by atoms with Gasteiger partial charge in [0.15, 0.2) is 0 Å². The van der Waals surface area contributed by atoms with Crippen LogP contribution in [0.2, 0.25) is 5.15 Å². The molecule has 0 spiro atoms. The third-order valence-electron chi connectivity index (χ3n) is 2.14. The molecule has 0 aliphatic heterocycles. The highest BCUT2D eigenvalue weighted by molar-refractivity contribution is 6.31. The van der Waals surface area contributed by atoms with E-state index in [0.29, 0.717) is 17.7 Å². The van der Waals surface area contributed by atoms with E-state index >= 15 is 0 Å². The molecule has 1 aromatic rings. The number of nitriles is 1. The van der Waals surface area contributed by atoms with Crippen molar-refractivity contribution in [2.75, 3.05) is 0 Å². The van der Waals surface area contributed by atoms with Crippen molar-refractivity contribution in [3.8, 4) is 6.07 Å². The lowest BCUT2D eigenvalue weighted by atomic mass is 10.0. The molecule has 0 amide bonds. The molecule has 0 aliphatic carbocycles. The Labute approximate surface area is 92.1 Å². The first-order valence-electron chi connectivity index (χ1n) is 4.35. The van der Waals surface area contributed by atoms with Gasteiger partial charge in [-0.1, -0.05) is 18.5 Å². The summed E-state index contributed by atoms with van der Waals surface area (Å²) in [7, 11) is 0. The number of carbonyl (C=O) groups is 1. The maximum Gasteiger partial charge on any atom is 0.337 e. The minimum absolute atomic E-state index is 0.0301. The highest BCUT2D eigenvalue weighted by Crippen LogP contribution is 2.23. The summed E-state index contributed by atoms with van der Waals surface area (Å²) in [5, 5.41) is 17.8. The molecular formula is C10H9ClN2O2. The molecule has 0 aromatic carbocycles. The molecule has 0 saturated carbocycles. The SMILES string of the molecule is CCc1c(C)nc(Cl)c(C#N)c1C(=O)O. The second-order valence-electron chi connectivity index (χ2n) is 2.99. The fourth-order valence-corrected chi connectivity index (χ4v) is 1.74. The maximum atomic E-state index is 11.0. The molecular weight excluding hydrogens is 216 g/mol. The second-order valence-corrected chi connectivity index (χ2v) is 3.35. The van der Waals surface area contributed by atoms with Crippen LogP contribution in [0.25, 0.3) is 0 Å². The minimum atomic E-state index is -1.14. The smallest absolute Gasteiger partial charge is 0.337 e. The van der Waals surface area contributed by atoms with E-state index in [1.807, 2.05) is 6.92 Å². The molecule has 1 rings (SSSR count). The van der Waals surface area contributed by atoms with Crippen molar-refractivity contribution >= 4 is 17.6 Å². The molecule has 0 fully saturated rings. The van der Waals surface area contributed by atoms with Crippen LogP contribution in [0.15, 0.2) is 0 Å². The van der Waals surface area contributed by atoms with Gasteiger partial charge in [0.1, 0.15) is 16.8 Å². The van der Waals surface area contributed by atoms with Crippen molar-refractivity contribution in [1.29, 1.82) is 5.26 Å². The Morgan fingerprint density at radius 3 is 2.67 bits per heavy atom. The van der Waals surface area contributed by atoms with E-state index in [0.717, 1.165) is 0 Å². The summed E-state index contributed by atoms with van der Waals surface area (Å²) in [5.41, 5.74) is 1.02. The van der Waals surface area contributed by atoms with E-state index in [2.05, 4.69) is 4.98 Å². The Morgan fingerprint density at radius 2 is 2.27 bits per heavy atom. The fraction of sp³-hybridized carbons (Fsp3) is 0.300. The Hall–Kier alpha value is -1.60. The van der Waals surface area contributed by atoms with Crippen LogP contribution in [0.4, 0.5) is 0 Å². The topological polar surface area (TPSA) is 74.0 Å². The summed E-state index contributed by atoms with van der Waals surface area (Å²) < 4.78 is 0. The van der Waals surface area contributed by atoms with Crippen LogP contribution in [0, 0.1) is 18.3 Å². The van der Waals surface area contributed by atoms with Gasteiger partial charge in [-0.2, -0.15) is 5.26 Å². The fourth-order valence-electron chi connectivity index (χ4n) is 1.48. The zero-order valence-electron chi connectivity index (χ0n) is 8.33. The number of aromatic carboxylic acids is 1. The molecule has 0 unspecified atom stereocenters. The van der Waals surface area contributed by atoms with E-state index < -0.39 is 5.97 Å². The largest absolute Gasteiger partial charge is 0.478 e. The number of aromatic nitrogens is 1. The Balaban J connectivity index is 3.68. The molecule has 1 aromatic heterocycles. The van der Waals surface area contributed by atoms with Crippen molar-refractivity contribution in [2.24, 2.45) is 0 Å². The van der Waals surface area contributed by atoms with Crippen LogP contribution in [0.3, 0.4) is 0 Å². The Bertz CT molecular complexity index is 463.